The van der Waals surface area contributed by atoms with Crippen LogP contribution in [0, 0.1) is 5.92 Å². The third-order valence-corrected chi connectivity index (χ3v) is 2.28. The highest BCUT2D eigenvalue weighted by atomic mass is 16.5. The summed E-state index contributed by atoms with van der Waals surface area (Å²) in [6, 6.07) is 0. The van der Waals surface area contributed by atoms with Gasteiger partial charge in [0, 0.05) is 12.0 Å². The van der Waals surface area contributed by atoms with E-state index >= 15 is 0 Å². The molecule has 17 heavy (non-hydrogen) atoms. The first-order valence-corrected chi connectivity index (χ1v) is 5.00. The van der Waals surface area contributed by atoms with Crippen LogP contribution in [0.5, 0.6) is 0 Å². The van der Waals surface area contributed by atoms with Gasteiger partial charge in [0.15, 0.2) is 0 Å². The van der Waals surface area contributed by atoms with Gasteiger partial charge < -0.3 is 14.6 Å². The summed E-state index contributed by atoms with van der Waals surface area (Å²) in [4.78, 5) is 32.9. The van der Waals surface area contributed by atoms with E-state index in [0.29, 0.717) is 6.42 Å². The summed E-state index contributed by atoms with van der Waals surface area (Å²) in [5.41, 5.74) is -0.235. The number of aliphatic carboxylic acids is 1. The van der Waals surface area contributed by atoms with E-state index in [1.54, 1.807) is 0 Å². The number of ether oxygens (including phenoxy) is 2. The van der Waals surface area contributed by atoms with Crippen molar-refractivity contribution >= 4 is 17.9 Å². The van der Waals surface area contributed by atoms with Crippen molar-refractivity contribution in [3.05, 3.63) is 12.2 Å². The Bertz CT molecular complexity index is 320. The largest absolute Gasteiger partial charge is 0.478 e. The maximum absolute atomic E-state index is 11.3. The van der Waals surface area contributed by atoms with Crippen molar-refractivity contribution in [1.82, 2.24) is 0 Å². The molecule has 0 aromatic rings. The van der Waals surface area contributed by atoms with E-state index in [1.165, 1.54) is 14.2 Å². The lowest BCUT2D eigenvalue weighted by Gasteiger charge is -2.13. The van der Waals surface area contributed by atoms with E-state index in [-0.39, 0.29) is 18.4 Å². The summed E-state index contributed by atoms with van der Waals surface area (Å²) in [7, 11) is 2.43. The van der Waals surface area contributed by atoms with Crippen LogP contribution >= 0.6 is 0 Å². The Hall–Kier alpha value is -1.85. The average molecular weight is 244 g/mol. The van der Waals surface area contributed by atoms with Crippen molar-refractivity contribution in [2.45, 2.75) is 19.3 Å². The predicted molar refractivity (Wildman–Crippen MR) is 58.1 cm³/mol. The third-order valence-electron chi connectivity index (χ3n) is 2.28. The molecule has 0 aliphatic carbocycles. The van der Waals surface area contributed by atoms with Gasteiger partial charge in [-0.25, -0.2) is 4.79 Å². The van der Waals surface area contributed by atoms with Gasteiger partial charge in [0.1, 0.15) is 0 Å². The Balaban J connectivity index is 4.41. The first-order chi connectivity index (χ1) is 7.93. The Labute approximate surface area is 99.2 Å². The Morgan fingerprint density at radius 3 is 2.24 bits per heavy atom. The molecule has 6 nitrogen and oxygen atoms in total. The highest BCUT2D eigenvalue weighted by Gasteiger charge is 2.26. The lowest BCUT2D eigenvalue weighted by molar-refractivity contribution is -0.147. The van der Waals surface area contributed by atoms with Crippen molar-refractivity contribution in [3.8, 4) is 0 Å². The molecular formula is C11H16O6. The minimum absolute atomic E-state index is 0.122. The lowest BCUT2D eigenvalue weighted by atomic mass is 9.94. The van der Waals surface area contributed by atoms with E-state index in [0.717, 1.165) is 0 Å². The lowest BCUT2D eigenvalue weighted by Crippen LogP contribution is -2.22. The molecule has 96 valence electrons. The van der Waals surface area contributed by atoms with Gasteiger partial charge in [0.2, 0.25) is 0 Å². The Morgan fingerprint density at radius 2 is 1.82 bits per heavy atom. The van der Waals surface area contributed by atoms with Gasteiger partial charge in [-0.1, -0.05) is 6.58 Å². The maximum atomic E-state index is 11.3. The summed E-state index contributed by atoms with van der Waals surface area (Å²) in [6.07, 6.45) is 0.641. The first-order valence-electron chi connectivity index (χ1n) is 5.00. The molecule has 1 N–H and O–H groups in total. The van der Waals surface area contributed by atoms with Crippen LogP contribution in [0.3, 0.4) is 0 Å². The number of carbonyl (C=O) groups is 3. The van der Waals surface area contributed by atoms with Crippen LogP contribution < -0.4 is 0 Å². The maximum Gasteiger partial charge on any atom is 0.331 e. The van der Waals surface area contributed by atoms with E-state index in [1.807, 2.05) is 0 Å². The SMILES string of the molecule is C=C(C(=O)O)C(CCCC(=O)OC)C(=O)OC. The van der Waals surface area contributed by atoms with Crippen molar-refractivity contribution in [1.29, 1.82) is 0 Å². The monoisotopic (exact) mass is 244 g/mol. The quantitative estimate of drug-likeness (QED) is 0.525. The van der Waals surface area contributed by atoms with Crippen molar-refractivity contribution in [2.75, 3.05) is 14.2 Å². The number of hydrogen-bond donors (Lipinski definition) is 1. The summed E-state index contributed by atoms with van der Waals surface area (Å²) in [5, 5.41) is 8.75. The molecule has 0 spiro atoms. The summed E-state index contributed by atoms with van der Waals surface area (Å²) >= 11 is 0. The molecule has 0 heterocycles. The van der Waals surface area contributed by atoms with E-state index in [9.17, 15) is 14.4 Å². The van der Waals surface area contributed by atoms with E-state index in [4.69, 9.17) is 5.11 Å². The topological polar surface area (TPSA) is 89.9 Å². The molecule has 0 radical (unpaired) electrons. The fourth-order valence-electron chi connectivity index (χ4n) is 1.28. The van der Waals surface area contributed by atoms with Crippen molar-refractivity contribution < 1.29 is 29.0 Å². The van der Waals surface area contributed by atoms with Crippen LogP contribution in [0.4, 0.5) is 0 Å². The fraction of sp³-hybridized carbons (Fsp3) is 0.545. The smallest absolute Gasteiger partial charge is 0.331 e. The predicted octanol–water partition coefficient (Wildman–Crippen LogP) is 0.760. The van der Waals surface area contributed by atoms with Crippen LogP contribution in [0.15, 0.2) is 12.2 Å². The number of hydrogen-bond acceptors (Lipinski definition) is 5. The first kappa shape index (κ1) is 15.2. The van der Waals surface area contributed by atoms with Crippen LogP contribution in [0.2, 0.25) is 0 Å². The standard InChI is InChI=1S/C11H16O6/c1-7(10(13)14)8(11(15)17-3)5-4-6-9(12)16-2/h8H,1,4-6H2,2-3H3,(H,13,14). The van der Waals surface area contributed by atoms with Gasteiger partial charge in [0.05, 0.1) is 20.1 Å². The highest BCUT2D eigenvalue weighted by molar-refractivity contribution is 5.93. The molecule has 1 atom stereocenters. The second-order valence-corrected chi connectivity index (χ2v) is 3.37. The van der Waals surface area contributed by atoms with Crippen LogP contribution in [-0.2, 0) is 23.9 Å². The van der Waals surface area contributed by atoms with Gasteiger partial charge in [-0.2, -0.15) is 0 Å². The van der Waals surface area contributed by atoms with Gasteiger partial charge in [-0.15, -0.1) is 0 Å². The second kappa shape index (κ2) is 7.43. The zero-order chi connectivity index (χ0) is 13.4. The molecule has 0 rings (SSSR count). The zero-order valence-electron chi connectivity index (χ0n) is 9.89. The normalized spacial score (nSPS) is 11.4. The minimum atomic E-state index is -1.25. The zero-order valence-corrected chi connectivity index (χ0v) is 9.89. The average Bonchev–Trinajstić information content (AvgIpc) is 2.32. The third kappa shape index (κ3) is 5.14. The van der Waals surface area contributed by atoms with Gasteiger partial charge in [-0.05, 0) is 12.8 Å². The second-order valence-electron chi connectivity index (χ2n) is 3.37. The Morgan fingerprint density at radius 1 is 1.24 bits per heavy atom. The fourth-order valence-corrected chi connectivity index (χ4v) is 1.28. The number of carbonyl (C=O) groups excluding carboxylic acids is 2. The van der Waals surface area contributed by atoms with Crippen LogP contribution in [-0.4, -0.2) is 37.2 Å². The van der Waals surface area contributed by atoms with E-state index in [2.05, 4.69) is 16.1 Å². The summed E-state index contributed by atoms with van der Waals surface area (Å²) < 4.78 is 8.92. The van der Waals surface area contributed by atoms with Gasteiger partial charge in [-0.3, -0.25) is 9.59 Å². The highest BCUT2D eigenvalue weighted by Crippen LogP contribution is 2.19. The van der Waals surface area contributed by atoms with Crippen LogP contribution in [0.25, 0.3) is 0 Å². The Kier molecular flexibility index (Phi) is 6.62. The molecule has 0 aliphatic heterocycles. The summed E-state index contributed by atoms with van der Waals surface area (Å²) in [6.45, 7) is 3.32. The molecular weight excluding hydrogens is 228 g/mol. The number of rotatable bonds is 7. The van der Waals surface area contributed by atoms with Gasteiger partial charge >= 0.3 is 17.9 Å². The van der Waals surface area contributed by atoms with Crippen molar-refractivity contribution in [2.24, 2.45) is 5.92 Å². The molecule has 0 bridgehead atoms. The summed E-state index contributed by atoms with van der Waals surface area (Å²) in [5.74, 6) is -3.25. The molecule has 0 aliphatic rings. The number of esters is 2. The molecule has 0 aromatic heterocycles. The number of carboxylic acids is 1. The number of methoxy groups -OCH3 is 2. The number of carboxylic acid groups (broad SMARTS) is 1. The molecule has 1 unspecified atom stereocenters. The molecule has 0 aromatic carbocycles. The van der Waals surface area contributed by atoms with Crippen LogP contribution in [0.1, 0.15) is 19.3 Å². The van der Waals surface area contributed by atoms with Crippen molar-refractivity contribution in [3.63, 3.8) is 0 Å². The molecule has 6 heteroatoms. The van der Waals surface area contributed by atoms with E-state index < -0.39 is 23.8 Å². The minimum Gasteiger partial charge on any atom is -0.478 e. The molecule has 0 fully saturated rings. The molecule has 0 amide bonds. The molecule has 0 saturated carbocycles. The molecule has 0 saturated heterocycles. The van der Waals surface area contributed by atoms with Gasteiger partial charge in [0.25, 0.3) is 0 Å².